The van der Waals surface area contributed by atoms with E-state index in [1.165, 1.54) is 11.3 Å². The third-order valence-electron chi connectivity index (χ3n) is 2.20. The molecule has 0 aliphatic carbocycles. The zero-order valence-corrected chi connectivity index (χ0v) is 11.4. The van der Waals surface area contributed by atoms with Gasteiger partial charge in [-0.1, -0.05) is 48.4 Å². The zero-order valence-electron chi connectivity index (χ0n) is 9.04. The smallest absolute Gasteiger partial charge is 0.259 e. The van der Waals surface area contributed by atoms with Gasteiger partial charge < -0.3 is 0 Å². The van der Waals surface area contributed by atoms with Crippen LogP contribution < -0.4 is 5.32 Å². The molecule has 0 saturated carbocycles. The Kier molecular flexibility index (Phi) is 5.44. The van der Waals surface area contributed by atoms with Crippen molar-refractivity contribution in [3.63, 3.8) is 0 Å². The van der Waals surface area contributed by atoms with Gasteiger partial charge in [-0.05, 0) is 12.8 Å². The Morgan fingerprint density at radius 1 is 1.38 bits per heavy atom. The number of hydrogen-bond donors (Lipinski definition) is 1. The number of alkyl halides is 2. The van der Waals surface area contributed by atoms with Gasteiger partial charge in [0.15, 0.2) is 4.84 Å². The molecular formula is C9H13Cl2N3OS. The second-order valence-electron chi connectivity index (χ2n) is 3.25. The van der Waals surface area contributed by atoms with Gasteiger partial charge in [0.25, 0.3) is 5.91 Å². The molecule has 16 heavy (non-hydrogen) atoms. The Morgan fingerprint density at radius 3 is 2.50 bits per heavy atom. The van der Waals surface area contributed by atoms with E-state index >= 15 is 0 Å². The van der Waals surface area contributed by atoms with E-state index in [-0.39, 0.29) is 0 Å². The number of anilines is 1. The van der Waals surface area contributed by atoms with E-state index in [0.717, 1.165) is 17.8 Å². The van der Waals surface area contributed by atoms with Crippen molar-refractivity contribution in [2.24, 2.45) is 0 Å². The van der Waals surface area contributed by atoms with Crippen LogP contribution in [0.5, 0.6) is 0 Å². The van der Waals surface area contributed by atoms with Crippen LogP contribution in [0.1, 0.15) is 37.6 Å². The normalized spacial score (nSPS) is 11.1. The minimum absolute atomic E-state index is 0.394. The predicted molar refractivity (Wildman–Crippen MR) is 67.4 cm³/mol. The molecule has 0 saturated heterocycles. The summed E-state index contributed by atoms with van der Waals surface area (Å²) in [5, 5.41) is 11.8. The second kappa shape index (κ2) is 6.37. The average Bonchev–Trinajstić information content (AvgIpc) is 2.68. The summed E-state index contributed by atoms with van der Waals surface area (Å²) < 4.78 is 0. The highest BCUT2D eigenvalue weighted by atomic mass is 35.5. The van der Waals surface area contributed by atoms with Gasteiger partial charge >= 0.3 is 0 Å². The molecule has 0 aromatic carbocycles. The van der Waals surface area contributed by atoms with Crippen LogP contribution in [0.4, 0.5) is 5.13 Å². The van der Waals surface area contributed by atoms with Crippen molar-refractivity contribution in [1.82, 2.24) is 10.2 Å². The lowest BCUT2D eigenvalue weighted by atomic mass is 10.1. The van der Waals surface area contributed by atoms with Gasteiger partial charge in [-0.15, -0.1) is 10.2 Å². The van der Waals surface area contributed by atoms with Crippen LogP contribution in [0.25, 0.3) is 0 Å². The molecule has 1 heterocycles. The van der Waals surface area contributed by atoms with Crippen LogP contribution in [0.3, 0.4) is 0 Å². The molecule has 1 rings (SSSR count). The number of aromatic nitrogens is 2. The molecule has 0 atom stereocenters. The van der Waals surface area contributed by atoms with E-state index in [4.69, 9.17) is 23.2 Å². The molecule has 7 heteroatoms. The first kappa shape index (κ1) is 13.7. The molecule has 1 N–H and O–H groups in total. The summed E-state index contributed by atoms with van der Waals surface area (Å²) in [6.45, 7) is 4.20. The molecule has 0 bridgehead atoms. The van der Waals surface area contributed by atoms with E-state index < -0.39 is 10.7 Å². The van der Waals surface area contributed by atoms with Crippen molar-refractivity contribution in [1.29, 1.82) is 0 Å². The van der Waals surface area contributed by atoms with Crippen molar-refractivity contribution >= 4 is 45.6 Å². The maximum atomic E-state index is 11.2. The number of nitrogens with one attached hydrogen (secondary N) is 1. The number of rotatable bonds is 5. The van der Waals surface area contributed by atoms with Crippen molar-refractivity contribution in [2.75, 3.05) is 5.32 Å². The zero-order chi connectivity index (χ0) is 12.1. The third-order valence-corrected chi connectivity index (χ3v) is 3.60. The molecule has 0 aliphatic heterocycles. The van der Waals surface area contributed by atoms with Crippen LogP contribution in [0.15, 0.2) is 0 Å². The van der Waals surface area contributed by atoms with Crippen molar-refractivity contribution in [3.8, 4) is 0 Å². The van der Waals surface area contributed by atoms with E-state index in [1.54, 1.807) is 0 Å². The molecular weight excluding hydrogens is 269 g/mol. The Balaban J connectivity index is 2.68. The lowest BCUT2D eigenvalue weighted by Gasteiger charge is -2.05. The summed E-state index contributed by atoms with van der Waals surface area (Å²) in [5.41, 5.74) is 0. The number of carbonyl (C=O) groups excluding carboxylic acids is 1. The SMILES string of the molecule is CCC(CC)c1nnc(NC(=O)C(Cl)Cl)s1. The molecule has 0 spiro atoms. The Bertz CT molecular complexity index is 352. The second-order valence-corrected chi connectivity index (χ2v) is 5.35. The fourth-order valence-electron chi connectivity index (χ4n) is 1.25. The van der Waals surface area contributed by atoms with E-state index in [9.17, 15) is 4.79 Å². The predicted octanol–water partition coefficient (Wildman–Crippen LogP) is 3.18. The Morgan fingerprint density at radius 2 is 2.00 bits per heavy atom. The molecule has 1 aromatic heterocycles. The summed E-state index contributed by atoms with van der Waals surface area (Å²) in [5.74, 6) is -0.0819. The van der Waals surface area contributed by atoms with Crippen LogP contribution in [-0.4, -0.2) is 20.9 Å². The first-order chi connectivity index (χ1) is 7.58. The Labute approximate surface area is 108 Å². The van der Waals surface area contributed by atoms with E-state index in [2.05, 4.69) is 29.4 Å². The van der Waals surface area contributed by atoms with Crippen LogP contribution in [0, 0.1) is 0 Å². The summed E-state index contributed by atoms with van der Waals surface area (Å²) in [6, 6.07) is 0. The molecule has 0 radical (unpaired) electrons. The van der Waals surface area contributed by atoms with Crippen LogP contribution in [0.2, 0.25) is 0 Å². The van der Waals surface area contributed by atoms with Crippen molar-refractivity contribution in [3.05, 3.63) is 5.01 Å². The molecule has 4 nitrogen and oxygen atoms in total. The number of halogens is 2. The van der Waals surface area contributed by atoms with Gasteiger partial charge in [-0.25, -0.2) is 0 Å². The van der Waals surface area contributed by atoms with Gasteiger partial charge in [0.2, 0.25) is 5.13 Å². The molecule has 1 aromatic rings. The topological polar surface area (TPSA) is 54.9 Å². The molecule has 0 unspecified atom stereocenters. The lowest BCUT2D eigenvalue weighted by Crippen LogP contribution is -2.18. The van der Waals surface area contributed by atoms with Crippen molar-refractivity contribution in [2.45, 2.75) is 37.4 Å². The van der Waals surface area contributed by atoms with Gasteiger partial charge in [0, 0.05) is 5.92 Å². The largest absolute Gasteiger partial charge is 0.298 e. The number of amides is 1. The number of carbonyl (C=O) groups is 1. The maximum absolute atomic E-state index is 11.2. The van der Waals surface area contributed by atoms with Crippen molar-refractivity contribution < 1.29 is 4.79 Å². The fourth-order valence-corrected chi connectivity index (χ4v) is 2.37. The quantitative estimate of drug-likeness (QED) is 0.844. The summed E-state index contributed by atoms with van der Waals surface area (Å²) in [4.78, 5) is 10.1. The minimum atomic E-state index is -1.08. The van der Waals surface area contributed by atoms with Crippen LogP contribution >= 0.6 is 34.5 Å². The highest BCUT2D eigenvalue weighted by Crippen LogP contribution is 2.28. The summed E-state index contributed by atoms with van der Waals surface area (Å²) >= 11 is 12.2. The summed E-state index contributed by atoms with van der Waals surface area (Å²) in [7, 11) is 0. The minimum Gasteiger partial charge on any atom is -0.298 e. The highest BCUT2D eigenvalue weighted by Gasteiger charge is 2.17. The Hall–Kier alpha value is -0.390. The number of hydrogen-bond acceptors (Lipinski definition) is 4. The molecule has 1 amide bonds. The monoisotopic (exact) mass is 281 g/mol. The van der Waals surface area contributed by atoms with Gasteiger partial charge in [-0.2, -0.15) is 0 Å². The van der Waals surface area contributed by atoms with Gasteiger partial charge in [0.1, 0.15) is 5.01 Å². The lowest BCUT2D eigenvalue weighted by molar-refractivity contribution is -0.114. The summed E-state index contributed by atoms with van der Waals surface area (Å²) in [6.07, 6.45) is 2.01. The van der Waals surface area contributed by atoms with E-state index in [1.807, 2.05) is 0 Å². The molecule has 0 aliphatic rings. The molecule has 0 fully saturated rings. The number of nitrogens with zero attached hydrogens (tertiary/aromatic N) is 2. The standard InChI is InChI=1S/C9H13Cl2N3OS/c1-3-5(4-2)8-13-14-9(16-8)12-7(15)6(10)11/h5-6H,3-4H2,1-2H3,(H,12,14,15). The van der Waals surface area contributed by atoms with Gasteiger partial charge in [0.05, 0.1) is 0 Å². The van der Waals surface area contributed by atoms with E-state index in [0.29, 0.717) is 11.0 Å². The van der Waals surface area contributed by atoms with Gasteiger partial charge in [-0.3, -0.25) is 10.1 Å². The average molecular weight is 282 g/mol. The first-order valence-corrected chi connectivity index (χ1v) is 6.69. The first-order valence-electron chi connectivity index (χ1n) is 5.00. The maximum Gasteiger partial charge on any atom is 0.259 e. The third kappa shape index (κ3) is 3.57. The van der Waals surface area contributed by atoms with Crippen LogP contribution in [-0.2, 0) is 4.79 Å². The fraction of sp³-hybridized carbons (Fsp3) is 0.667. The molecule has 90 valence electrons. The highest BCUT2D eigenvalue weighted by molar-refractivity contribution is 7.15.